The molecule has 2 heteroatoms. The highest BCUT2D eigenvalue weighted by Crippen LogP contribution is 2.71. The fourth-order valence-corrected chi connectivity index (χ4v) is 4.56. The normalized spacial score (nSPS) is 42.9. The molecule has 1 aromatic heterocycles. The van der Waals surface area contributed by atoms with Crippen LogP contribution in [0.1, 0.15) is 45.6 Å². The van der Waals surface area contributed by atoms with Crippen molar-refractivity contribution in [1.82, 2.24) is 4.98 Å². The molecule has 17 heavy (non-hydrogen) atoms. The van der Waals surface area contributed by atoms with Gasteiger partial charge in [-0.15, -0.1) is 0 Å². The van der Waals surface area contributed by atoms with Gasteiger partial charge in [0.25, 0.3) is 0 Å². The van der Waals surface area contributed by atoms with Crippen LogP contribution >= 0.6 is 0 Å². The number of hydrogen-bond acceptors (Lipinski definition) is 2. The maximum atomic E-state index is 11.4. The van der Waals surface area contributed by atoms with E-state index in [0.717, 1.165) is 18.4 Å². The minimum atomic E-state index is -0.725. The lowest BCUT2D eigenvalue weighted by Crippen LogP contribution is -2.51. The first kappa shape index (κ1) is 11.2. The summed E-state index contributed by atoms with van der Waals surface area (Å²) in [6.45, 7) is 6.68. The second-order valence-corrected chi connectivity index (χ2v) is 6.67. The lowest BCUT2D eigenvalue weighted by molar-refractivity contribution is -0.151. The van der Waals surface area contributed by atoms with Crippen LogP contribution in [0.3, 0.4) is 0 Å². The SMILES string of the molecule is CC12CCC(C1)C(C)(C)C2(O)c1cccnc1. The minimum Gasteiger partial charge on any atom is -0.384 e. The molecule has 0 aromatic carbocycles. The quantitative estimate of drug-likeness (QED) is 0.805. The van der Waals surface area contributed by atoms with E-state index in [2.05, 4.69) is 25.8 Å². The molecule has 3 atom stereocenters. The van der Waals surface area contributed by atoms with E-state index in [4.69, 9.17) is 0 Å². The second-order valence-electron chi connectivity index (χ2n) is 6.67. The molecule has 0 spiro atoms. The largest absolute Gasteiger partial charge is 0.384 e. The lowest BCUT2D eigenvalue weighted by atomic mass is 9.58. The minimum absolute atomic E-state index is 0.0181. The molecule has 3 rings (SSSR count). The summed E-state index contributed by atoms with van der Waals surface area (Å²) in [6, 6.07) is 3.96. The Morgan fingerprint density at radius 1 is 1.35 bits per heavy atom. The van der Waals surface area contributed by atoms with Gasteiger partial charge in [-0.05, 0) is 31.2 Å². The van der Waals surface area contributed by atoms with Crippen molar-refractivity contribution in [3.63, 3.8) is 0 Å². The Bertz CT molecular complexity index is 435. The standard InChI is InChI=1S/C15H21NO/c1-13(2)11-6-7-14(3,9-11)15(13,17)12-5-4-8-16-10-12/h4-5,8,10-11,17H,6-7,9H2,1-3H3. The Morgan fingerprint density at radius 2 is 2.12 bits per heavy atom. The molecule has 2 aliphatic carbocycles. The van der Waals surface area contributed by atoms with E-state index >= 15 is 0 Å². The topological polar surface area (TPSA) is 33.1 Å². The summed E-state index contributed by atoms with van der Waals surface area (Å²) in [5.74, 6) is 0.637. The van der Waals surface area contributed by atoms with E-state index in [-0.39, 0.29) is 10.8 Å². The van der Waals surface area contributed by atoms with E-state index in [0.29, 0.717) is 5.92 Å². The van der Waals surface area contributed by atoms with Gasteiger partial charge in [0.15, 0.2) is 0 Å². The average molecular weight is 231 g/mol. The molecule has 0 radical (unpaired) electrons. The third kappa shape index (κ3) is 1.12. The third-order valence-electron chi connectivity index (χ3n) is 5.65. The molecule has 2 aliphatic rings. The Labute approximate surface area is 103 Å². The van der Waals surface area contributed by atoms with Crippen LogP contribution in [-0.4, -0.2) is 10.1 Å². The van der Waals surface area contributed by atoms with Crippen LogP contribution < -0.4 is 0 Å². The van der Waals surface area contributed by atoms with Gasteiger partial charge >= 0.3 is 0 Å². The van der Waals surface area contributed by atoms with Crippen molar-refractivity contribution in [3.05, 3.63) is 30.1 Å². The summed E-state index contributed by atoms with van der Waals surface area (Å²) in [5, 5.41) is 11.4. The van der Waals surface area contributed by atoms with Crippen molar-refractivity contribution in [1.29, 1.82) is 0 Å². The molecule has 0 aliphatic heterocycles. The Morgan fingerprint density at radius 3 is 2.65 bits per heavy atom. The molecule has 2 nitrogen and oxygen atoms in total. The summed E-state index contributed by atoms with van der Waals surface area (Å²) in [4.78, 5) is 4.19. The van der Waals surface area contributed by atoms with Gasteiger partial charge in [0.1, 0.15) is 5.60 Å². The van der Waals surface area contributed by atoms with Gasteiger partial charge in [-0.2, -0.15) is 0 Å². The third-order valence-corrected chi connectivity index (χ3v) is 5.65. The highest BCUT2D eigenvalue weighted by atomic mass is 16.3. The molecular formula is C15H21NO. The number of aliphatic hydroxyl groups is 1. The molecule has 92 valence electrons. The molecule has 0 amide bonds. The molecule has 1 N–H and O–H groups in total. The molecular weight excluding hydrogens is 210 g/mol. The van der Waals surface area contributed by atoms with Gasteiger partial charge in [0, 0.05) is 28.8 Å². The van der Waals surface area contributed by atoms with Crippen molar-refractivity contribution in [3.8, 4) is 0 Å². The van der Waals surface area contributed by atoms with E-state index in [1.165, 1.54) is 6.42 Å². The number of rotatable bonds is 1. The summed E-state index contributed by atoms with van der Waals surface area (Å²) >= 11 is 0. The van der Waals surface area contributed by atoms with Crippen LogP contribution in [0.5, 0.6) is 0 Å². The lowest BCUT2D eigenvalue weighted by Gasteiger charge is -2.50. The highest BCUT2D eigenvalue weighted by molar-refractivity contribution is 5.31. The van der Waals surface area contributed by atoms with Gasteiger partial charge in [0.2, 0.25) is 0 Å². The van der Waals surface area contributed by atoms with Crippen LogP contribution in [0.2, 0.25) is 0 Å². The fourth-order valence-electron chi connectivity index (χ4n) is 4.56. The zero-order valence-corrected chi connectivity index (χ0v) is 10.9. The summed E-state index contributed by atoms with van der Waals surface area (Å²) in [5.41, 5.74) is 0.236. The van der Waals surface area contributed by atoms with Crippen molar-refractivity contribution in [2.24, 2.45) is 16.7 Å². The monoisotopic (exact) mass is 231 g/mol. The van der Waals surface area contributed by atoms with E-state index in [1.54, 1.807) is 6.20 Å². The zero-order chi connectivity index (χ0) is 12.3. The van der Waals surface area contributed by atoms with Gasteiger partial charge < -0.3 is 5.11 Å². The molecule has 1 heterocycles. The molecule has 0 saturated heterocycles. The van der Waals surface area contributed by atoms with Gasteiger partial charge in [-0.1, -0.05) is 26.8 Å². The summed E-state index contributed by atoms with van der Waals surface area (Å²) in [7, 11) is 0. The number of fused-ring (bicyclic) bond motifs is 2. The predicted molar refractivity (Wildman–Crippen MR) is 67.4 cm³/mol. The van der Waals surface area contributed by atoms with Gasteiger partial charge in [0.05, 0.1) is 0 Å². The summed E-state index contributed by atoms with van der Waals surface area (Å²) < 4.78 is 0. The van der Waals surface area contributed by atoms with Crippen LogP contribution in [0.25, 0.3) is 0 Å². The van der Waals surface area contributed by atoms with Crippen molar-refractivity contribution < 1.29 is 5.11 Å². The number of aromatic nitrogens is 1. The molecule has 2 saturated carbocycles. The first-order valence-corrected chi connectivity index (χ1v) is 6.55. The maximum absolute atomic E-state index is 11.4. The molecule has 2 fully saturated rings. The first-order chi connectivity index (χ1) is 7.92. The Hall–Kier alpha value is -0.890. The van der Waals surface area contributed by atoms with Crippen LogP contribution in [0.15, 0.2) is 24.5 Å². The average Bonchev–Trinajstić information content (AvgIpc) is 2.78. The van der Waals surface area contributed by atoms with E-state index < -0.39 is 5.60 Å². The molecule has 1 aromatic rings. The van der Waals surface area contributed by atoms with Crippen LogP contribution in [0.4, 0.5) is 0 Å². The van der Waals surface area contributed by atoms with Crippen molar-refractivity contribution >= 4 is 0 Å². The van der Waals surface area contributed by atoms with E-state index in [1.807, 2.05) is 18.3 Å². The molecule has 2 bridgehead atoms. The fraction of sp³-hybridized carbons (Fsp3) is 0.667. The van der Waals surface area contributed by atoms with E-state index in [9.17, 15) is 5.11 Å². The number of hydrogen-bond donors (Lipinski definition) is 1. The maximum Gasteiger partial charge on any atom is 0.102 e. The zero-order valence-electron chi connectivity index (χ0n) is 10.9. The predicted octanol–water partition coefficient (Wildman–Crippen LogP) is 3.12. The van der Waals surface area contributed by atoms with Crippen molar-refractivity contribution in [2.75, 3.05) is 0 Å². The second kappa shape index (κ2) is 3.11. The summed E-state index contributed by atoms with van der Waals surface area (Å²) in [6.07, 6.45) is 7.15. The number of pyridine rings is 1. The van der Waals surface area contributed by atoms with Crippen molar-refractivity contribution in [2.45, 2.75) is 45.6 Å². The van der Waals surface area contributed by atoms with Gasteiger partial charge in [-0.25, -0.2) is 0 Å². The number of nitrogens with zero attached hydrogens (tertiary/aromatic N) is 1. The Balaban J connectivity index is 2.18. The van der Waals surface area contributed by atoms with Crippen LogP contribution in [-0.2, 0) is 5.60 Å². The first-order valence-electron chi connectivity index (χ1n) is 6.55. The van der Waals surface area contributed by atoms with Gasteiger partial charge in [-0.3, -0.25) is 4.98 Å². The molecule has 3 unspecified atom stereocenters. The smallest absolute Gasteiger partial charge is 0.102 e. The highest BCUT2D eigenvalue weighted by Gasteiger charge is 2.69. The Kier molecular flexibility index (Phi) is 2.05. The van der Waals surface area contributed by atoms with Crippen LogP contribution in [0, 0.1) is 16.7 Å².